The molecule has 1 aliphatic rings. The highest BCUT2D eigenvalue weighted by Gasteiger charge is 2.45. The summed E-state index contributed by atoms with van der Waals surface area (Å²) in [6, 6.07) is 9.10. The molecule has 1 aliphatic carbocycles. The minimum absolute atomic E-state index is 0.0147. The number of rotatable bonds is 7. The van der Waals surface area contributed by atoms with Gasteiger partial charge in [0.15, 0.2) is 0 Å². The first-order valence-corrected chi connectivity index (χ1v) is 8.37. The molecule has 0 heterocycles. The molecule has 0 bridgehead atoms. The Balaban J connectivity index is 2.10. The van der Waals surface area contributed by atoms with E-state index in [-0.39, 0.29) is 17.9 Å². The van der Waals surface area contributed by atoms with E-state index in [0.717, 1.165) is 25.7 Å². The molecule has 126 valence electrons. The summed E-state index contributed by atoms with van der Waals surface area (Å²) in [6.45, 7) is 6.03. The van der Waals surface area contributed by atoms with Gasteiger partial charge in [-0.3, -0.25) is 9.59 Å². The summed E-state index contributed by atoms with van der Waals surface area (Å²) in [5.74, 6) is -0.447. The summed E-state index contributed by atoms with van der Waals surface area (Å²) in [7, 11) is 0. The number of carboxylic acids is 1. The Bertz CT molecular complexity index is 563. The molecule has 1 atom stereocenters. The minimum Gasteiger partial charge on any atom is -0.481 e. The third-order valence-electron chi connectivity index (χ3n) is 5.08. The molecule has 0 saturated heterocycles. The first kappa shape index (κ1) is 17.5. The zero-order valence-electron chi connectivity index (χ0n) is 14.3. The molecule has 0 aliphatic heterocycles. The fraction of sp³-hybridized carbons (Fsp3) is 0.579. The van der Waals surface area contributed by atoms with Crippen LogP contribution in [0.3, 0.4) is 0 Å². The lowest BCUT2D eigenvalue weighted by atomic mass is 9.64. The van der Waals surface area contributed by atoms with Crippen LogP contribution in [0.25, 0.3) is 0 Å². The molecule has 1 unspecified atom stereocenters. The lowest BCUT2D eigenvalue weighted by Crippen LogP contribution is -2.51. The van der Waals surface area contributed by atoms with Gasteiger partial charge in [0.05, 0.1) is 0 Å². The van der Waals surface area contributed by atoms with Gasteiger partial charge in [0.2, 0.25) is 5.91 Å². The number of carboxylic acid groups (broad SMARTS) is 1. The third kappa shape index (κ3) is 3.57. The molecular weight excluding hydrogens is 290 g/mol. The van der Waals surface area contributed by atoms with E-state index in [9.17, 15) is 14.7 Å². The highest BCUT2D eigenvalue weighted by molar-refractivity contribution is 5.86. The van der Waals surface area contributed by atoms with E-state index in [4.69, 9.17) is 0 Å². The largest absolute Gasteiger partial charge is 0.481 e. The zero-order valence-corrected chi connectivity index (χ0v) is 14.3. The van der Waals surface area contributed by atoms with Crippen LogP contribution in [0.2, 0.25) is 0 Å². The van der Waals surface area contributed by atoms with Crippen molar-refractivity contribution < 1.29 is 14.7 Å². The second-order valence-corrected chi connectivity index (χ2v) is 7.42. The first-order valence-electron chi connectivity index (χ1n) is 8.37. The van der Waals surface area contributed by atoms with Crippen LogP contribution in [0.15, 0.2) is 30.3 Å². The average molecular weight is 317 g/mol. The van der Waals surface area contributed by atoms with Crippen LogP contribution < -0.4 is 5.32 Å². The normalized spacial score (nSPS) is 18.8. The second-order valence-electron chi connectivity index (χ2n) is 7.42. The SMILES string of the molecule is CC(C)CC1(C(=O)NCC(C)(C(=O)O)c2ccccc2)CCC1. The Kier molecular flexibility index (Phi) is 5.12. The summed E-state index contributed by atoms with van der Waals surface area (Å²) in [4.78, 5) is 24.5. The van der Waals surface area contributed by atoms with Crippen LogP contribution in [0, 0.1) is 11.3 Å². The predicted octanol–water partition coefficient (Wildman–Crippen LogP) is 3.36. The van der Waals surface area contributed by atoms with Crippen LogP contribution in [0.1, 0.15) is 52.0 Å². The standard InChI is InChI=1S/C19H27NO3/c1-14(2)12-19(10-7-11-19)16(21)20-13-18(3,17(22)23)15-8-5-4-6-9-15/h4-6,8-9,14H,7,10-13H2,1-3H3,(H,20,21)(H,22,23). The summed E-state index contributed by atoms with van der Waals surface area (Å²) in [5.41, 5.74) is -0.691. The van der Waals surface area contributed by atoms with Gasteiger partial charge < -0.3 is 10.4 Å². The lowest BCUT2D eigenvalue weighted by Gasteiger charge is -2.42. The summed E-state index contributed by atoms with van der Waals surface area (Å²) in [5, 5.41) is 12.6. The van der Waals surface area contributed by atoms with Crippen molar-refractivity contribution in [3.8, 4) is 0 Å². The molecule has 1 aromatic carbocycles. The molecular formula is C19H27NO3. The molecule has 2 rings (SSSR count). The fourth-order valence-corrected chi connectivity index (χ4v) is 3.46. The molecule has 1 fully saturated rings. The molecule has 0 aromatic heterocycles. The van der Waals surface area contributed by atoms with Crippen LogP contribution in [-0.4, -0.2) is 23.5 Å². The van der Waals surface area contributed by atoms with Gasteiger partial charge in [0, 0.05) is 12.0 Å². The molecule has 1 aromatic rings. The number of aliphatic carboxylic acids is 1. The summed E-state index contributed by atoms with van der Waals surface area (Å²) >= 11 is 0. The van der Waals surface area contributed by atoms with Crippen LogP contribution >= 0.6 is 0 Å². The third-order valence-corrected chi connectivity index (χ3v) is 5.08. The first-order chi connectivity index (χ1) is 10.8. The maximum Gasteiger partial charge on any atom is 0.315 e. The molecule has 0 spiro atoms. The quantitative estimate of drug-likeness (QED) is 0.810. The van der Waals surface area contributed by atoms with Gasteiger partial charge in [-0.2, -0.15) is 0 Å². The van der Waals surface area contributed by atoms with Gasteiger partial charge in [-0.15, -0.1) is 0 Å². The number of benzene rings is 1. The van der Waals surface area contributed by atoms with Crippen molar-refractivity contribution in [3.63, 3.8) is 0 Å². The van der Waals surface area contributed by atoms with Crippen molar-refractivity contribution in [1.82, 2.24) is 5.32 Å². The van der Waals surface area contributed by atoms with Crippen molar-refractivity contribution in [3.05, 3.63) is 35.9 Å². The number of amides is 1. The summed E-state index contributed by atoms with van der Waals surface area (Å²) in [6.07, 6.45) is 3.77. The van der Waals surface area contributed by atoms with Gasteiger partial charge in [-0.05, 0) is 37.7 Å². The highest BCUT2D eigenvalue weighted by atomic mass is 16.4. The van der Waals surface area contributed by atoms with E-state index in [1.807, 2.05) is 18.2 Å². The van der Waals surface area contributed by atoms with E-state index in [0.29, 0.717) is 11.5 Å². The van der Waals surface area contributed by atoms with Gasteiger partial charge in [0.25, 0.3) is 0 Å². The van der Waals surface area contributed by atoms with Gasteiger partial charge in [-0.25, -0.2) is 0 Å². The average Bonchev–Trinajstić information content (AvgIpc) is 2.48. The Hall–Kier alpha value is -1.84. The molecule has 4 nitrogen and oxygen atoms in total. The van der Waals surface area contributed by atoms with E-state index in [1.54, 1.807) is 19.1 Å². The van der Waals surface area contributed by atoms with Gasteiger partial charge >= 0.3 is 5.97 Å². The number of nitrogens with one attached hydrogen (secondary N) is 1. The maximum absolute atomic E-state index is 12.7. The van der Waals surface area contributed by atoms with E-state index < -0.39 is 11.4 Å². The van der Waals surface area contributed by atoms with Gasteiger partial charge in [-0.1, -0.05) is 50.6 Å². The van der Waals surface area contributed by atoms with Crippen LogP contribution in [-0.2, 0) is 15.0 Å². The Morgan fingerprint density at radius 3 is 2.30 bits per heavy atom. The molecule has 1 saturated carbocycles. The molecule has 0 radical (unpaired) electrons. The van der Waals surface area contributed by atoms with Crippen molar-refractivity contribution >= 4 is 11.9 Å². The smallest absolute Gasteiger partial charge is 0.315 e. The zero-order chi connectivity index (χ0) is 17.1. The molecule has 2 N–H and O–H groups in total. The number of carbonyl (C=O) groups excluding carboxylic acids is 1. The molecule has 1 amide bonds. The summed E-state index contributed by atoms with van der Waals surface area (Å²) < 4.78 is 0. The Morgan fingerprint density at radius 1 is 1.26 bits per heavy atom. The van der Waals surface area contributed by atoms with E-state index in [1.165, 1.54) is 0 Å². The van der Waals surface area contributed by atoms with E-state index in [2.05, 4.69) is 19.2 Å². The predicted molar refractivity (Wildman–Crippen MR) is 90.2 cm³/mol. The monoisotopic (exact) mass is 317 g/mol. The molecule has 23 heavy (non-hydrogen) atoms. The molecule has 4 heteroatoms. The number of hydrogen-bond acceptors (Lipinski definition) is 2. The maximum atomic E-state index is 12.7. The highest BCUT2D eigenvalue weighted by Crippen LogP contribution is 2.46. The lowest BCUT2D eigenvalue weighted by molar-refractivity contribution is -0.144. The minimum atomic E-state index is -1.11. The second kappa shape index (κ2) is 6.73. The number of hydrogen-bond donors (Lipinski definition) is 2. The Morgan fingerprint density at radius 2 is 1.87 bits per heavy atom. The topological polar surface area (TPSA) is 66.4 Å². The number of carbonyl (C=O) groups is 2. The van der Waals surface area contributed by atoms with Crippen molar-refractivity contribution in [2.75, 3.05) is 6.54 Å². The van der Waals surface area contributed by atoms with Gasteiger partial charge in [0.1, 0.15) is 5.41 Å². The van der Waals surface area contributed by atoms with Crippen molar-refractivity contribution in [2.24, 2.45) is 11.3 Å². The van der Waals surface area contributed by atoms with Crippen LogP contribution in [0.4, 0.5) is 0 Å². The fourth-order valence-electron chi connectivity index (χ4n) is 3.46. The van der Waals surface area contributed by atoms with E-state index >= 15 is 0 Å². The van der Waals surface area contributed by atoms with Crippen LogP contribution in [0.5, 0.6) is 0 Å². The van der Waals surface area contributed by atoms with Crippen molar-refractivity contribution in [2.45, 2.75) is 51.9 Å². The Labute approximate surface area is 138 Å². The van der Waals surface area contributed by atoms with Crippen molar-refractivity contribution in [1.29, 1.82) is 0 Å².